The van der Waals surface area contributed by atoms with Crippen LogP contribution in [0.2, 0.25) is 0 Å². The molecule has 0 saturated heterocycles. The molecule has 29 heavy (non-hydrogen) atoms. The molecule has 0 fully saturated rings. The summed E-state index contributed by atoms with van der Waals surface area (Å²) in [7, 11) is 0. The smallest absolute Gasteiger partial charge is 0.255 e. The first-order valence-corrected chi connectivity index (χ1v) is 9.40. The van der Waals surface area contributed by atoms with Crippen molar-refractivity contribution < 1.29 is 14.0 Å². The molecular weight excluding hydrogens is 369 g/mol. The molecule has 1 aliphatic rings. The summed E-state index contributed by atoms with van der Waals surface area (Å²) in [4.78, 5) is 31.9. The number of carbonyl (C=O) groups is 2. The predicted molar refractivity (Wildman–Crippen MR) is 106 cm³/mol. The van der Waals surface area contributed by atoms with Gasteiger partial charge in [0.25, 0.3) is 5.91 Å². The maximum absolute atomic E-state index is 13.1. The third-order valence-corrected chi connectivity index (χ3v) is 5.23. The summed E-state index contributed by atoms with van der Waals surface area (Å²) in [6, 6.07) is 15.8. The number of hydrogen-bond donors (Lipinski definition) is 1. The maximum Gasteiger partial charge on any atom is 0.255 e. The number of rotatable bonds is 5. The standard InChI is InChI=1S/C23H20FN3O2/c1-15(17-10-12-25-13-11-17)27-21(19-4-2-3-5-20(19)23(27)29)22(28)26-14-16-6-8-18(24)9-7-16/h2-13,15,21H,14H2,1H3,(H,26,28). The number of fused-ring (bicyclic) bond motifs is 1. The molecule has 0 saturated carbocycles. The molecule has 3 aromatic rings. The van der Waals surface area contributed by atoms with Crippen LogP contribution in [0.25, 0.3) is 0 Å². The van der Waals surface area contributed by atoms with Gasteiger partial charge in [0.05, 0.1) is 6.04 Å². The fourth-order valence-electron chi connectivity index (χ4n) is 3.69. The van der Waals surface area contributed by atoms with Crippen molar-refractivity contribution in [1.82, 2.24) is 15.2 Å². The van der Waals surface area contributed by atoms with Crippen LogP contribution in [-0.4, -0.2) is 21.7 Å². The van der Waals surface area contributed by atoms with E-state index < -0.39 is 6.04 Å². The van der Waals surface area contributed by atoms with Gasteiger partial charge < -0.3 is 10.2 Å². The molecule has 2 amide bonds. The van der Waals surface area contributed by atoms with Crippen LogP contribution in [0.1, 0.15) is 46.1 Å². The summed E-state index contributed by atoms with van der Waals surface area (Å²) in [5, 5.41) is 2.89. The van der Waals surface area contributed by atoms with Gasteiger partial charge in [-0.15, -0.1) is 0 Å². The van der Waals surface area contributed by atoms with E-state index >= 15 is 0 Å². The summed E-state index contributed by atoms with van der Waals surface area (Å²) in [5.41, 5.74) is 2.91. The normalized spacial score (nSPS) is 16.4. The Morgan fingerprint density at radius 3 is 2.52 bits per heavy atom. The molecule has 0 bridgehead atoms. The highest BCUT2D eigenvalue weighted by Gasteiger charge is 2.43. The molecule has 4 rings (SSSR count). The van der Waals surface area contributed by atoms with Gasteiger partial charge in [-0.25, -0.2) is 4.39 Å². The molecule has 146 valence electrons. The highest BCUT2D eigenvalue weighted by Crippen LogP contribution is 2.39. The highest BCUT2D eigenvalue weighted by atomic mass is 19.1. The Labute approximate surface area is 168 Å². The topological polar surface area (TPSA) is 62.3 Å². The van der Waals surface area contributed by atoms with E-state index in [1.54, 1.807) is 41.6 Å². The lowest BCUT2D eigenvalue weighted by atomic mass is 10.0. The van der Waals surface area contributed by atoms with Crippen molar-refractivity contribution in [2.45, 2.75) is 25.6 Å². The Morgan fingerprint density at radius 1 is 1.10 bits per heavy atom. The SMILES string of the molecule is CC(c1ccncc1)N1C(=O)c2ccccc2C1C(=O)NCc1ccc(F)cc1. The molecular formula is C23H20FN3O2. The van der Waals surface area contributed by atoms with E-state index in [1.165, 1.54) is 12.1 Å². The molecule has 5 nitrogen and oxygen atoms in total. The maximum atomic E-state index is 13.1. The summed E-state index contributed by atoms with van der Waals surface area (Å²) in [6.07, 6.45) is 3.34. The summed E-state index contributed by atoms with van der Waals surface area (Å²) in [6.45, 7) is 2.16. The summed E-state index contributed by atoms with van der Waals surface area (Å²) >= 11 is 0. The molecule has 1 N–H and O–H groups in total. The number of aromatic nitrogens is 1. The molecule has 1 aromatic heterocycles. The molecule has 2 aromatic carbocycles. The van der Waals surface area contributed by atoms with E-state index in [1.807, 2.05) is 31.2 Å². The Kier molecular flexibility index (Phi) is 5.08. The minimum atomic E-state index is -0.734. The quantitative estimate of drug-likeness (QED) is 0.722. The minimum Gasteiger partial charge on any atom is -0.350 e. The lowest BCUT2D eigenvalue weighted by molar-refractivity contribution is -0.126. The average Bonchev–Trinajstić information content (AvgIpc) is 3.06. The van der Waals surface area contributed by atoms with Gasteiger partial charge in [0, 0.05) is 24.5 Å². The van der Waals surface area contributed by atoms with Crippen LogP contribution < -0.4 is 5.32 Å². The van der Waals surface area contributed by atoms with Crippen molar-refractivity contribution in [1.29, 1.82) is 0 Å². The lowest BCUT2D eigenvalue weighted by Crippen LogP contribution is -2.40. The average molecular weight is 389 g/mol. The van der Waals surface area contributed by atoms with E-state index in [9.17, 15) is 14.0 Å². The van der Waals surface area contributed by atoms with Gasteiger partial charge in [0.2, 0.25) is 5.91 Å². The van der Waals surface area contributed by atoms with Crippen LogP contribution >= 0.6 is 0 Å². The number of nitrogens with zero attached hydrogens (tertiary/aromatic N) is 2. The van der Waals surface area contributed by atoms with Crippen LogP contribution in [0, 0.1) is 5.82 Å². The molecule has 6 heteroatoms. The first-order valence-electron chi connectivity index (χ1n) is 9.40. The third kappa shape index (κ3) is 3.61. The largest absolute Gasteiger partial charge is 0.350 e. The van der Waals surface area contributed by atoms with Crippen molar-refractivity contribution in [3.05, 3.63) is 101 Å². The van der Waals surface area contributed by atoms with E-state index in [4.69, 9.17) is 0 Å². The number of carbonyl (C=O) groups excluding carboxylic acids is 2. The van der Waals surface area contributed by atoms with Gasteiger partial charge in [0.15, 0.2) is 0 Å². The molecule has 2 atom stereocenters. The zero-order valence-electron chi connectivity index (χ0n) is 15.9. The van der Waals surface area contributed by atoms with Crippen molar-refractivity contribution in [3.63, 3.8) is 0 Å². The van der Waals surface area contributed by atoms with Crippen LogP contribution in [-0.2, 0) is 11.3 Å². The summed E-state index contributed by atoms with van der Waals surface area (Å²) in [5.74, 6) is -0.770. The van der Waals surface area contributed by atoms with Crippen LogP contribution in [0.3, 0.4) is 0 Å². The van der Waals surface area contributed by atoms with Gasteiger partial charge in [-0.3, -0.25) is 14.6 Å². The fourth-order valence-corrected chi connectivity index (χ4v) is 3.69. The Morgan fingerprint density at radius 2 is 1.79 bits per heavy atom. The second-order valence-electron chi connectivity index (χ2n) is 7.00. The number of amides is 2. The second kappa shape index (κ2) is 7.83. The third-order valence-electron chi connectivity index (χ3n) is 5.23. The van der Waals surface area contributed by atoms with Gasteiger partial charge >= 0.3 is 0 Å². The fraction of sp³-hybridized carbons (Fsp3) is 0.174. The number of benzene rings is 2. The van der Waals surface area contributed by atoms with Gasteiger partial charge in [0.1, 0.15) is 11.9 Å². The van der Waals surface area contributed by atoms with Gasteiger partial charge in [-0.1, -0.05) is 30.3 Å². The first-order chi connectivity index (χ1) is 14.1. The molecule has 2 unspecified atom stereocenters. The van der Waals surface area contributed by atoms with Gasteiger partial charge in [-0.05, 0) is 53.9 Å². The number of hydrogen-bond acceptors (Lipinski definition) is 3. The van der Waals surface area contributed by atoms with E-state index in [2.05, 4.69) is 10.3 Å². The van der Waals surface area contributed by atoms with Crippen LogP contribution in [0.15, 0.2) is 73.1 Å². The first kappa shape index (κ1) is 18.8. The summed E-state index contributed by atoms with van der Waals surface area (Å²) < 4.78 is 13.1. The Balaban J connectivity index is 1.62. The van der Waals surface area contributed by atoms with Gasteiger partial charge in [-0.2, -0.15) is 0 Å². The monoisotopic (exact) mass is 389 g/mol. The van der Waals surface area contributed by atoms with Crippen LogP contribution in [0.4, 0.5) is 4.39 Å². The second-order valence-corrected chi connectivity index (χ2v) is 7.00. The number of pyridine rings is 1. The number of halogens is 1. The van der Waals surface area contributed by atoms with Crippen molar-refractivity contribution in [3.8, 4) is 0 Å². The predicted octanol–water partition coefficient (Wildman–Crippen LogP) is 3.80. The molecule has 0 radical (unpaired) electrons. The van der Waals surface area contributed by atoms with E-state index in [-0.39, 0.29) is 30.2 Å². The minimum absolute atomic E-state index is 0.174. The van der Waals surface area contributed by atoms with E-state index in [0.29, 0.717) is 11.1 Å². The zero-order chi connectivity index (χ0) is 20.4. The Bertz CT molecular complexity index is 1040. The number of nitrogens with one attached hydrogen (secondary N) is 1. The van der Waals surface area contributed by atoms with Crippen molar-refractivity contribution in [2.24, 2.45) is 0 Å². The zero-order valence-corrected chi connectivity index (χ0v) is 15.9. The lowest BCUT2D eigenvalue weighted by Gasteiger charge is -2.30. The van der Waals surface area contributed by atoms with Crippen molar-refractivity contribution in [2.75, 3.05) is 0 Å². The molecule has 0 spiro atoms. The molecule has 2 heterocycles. The van der Waals surface area contributed by atoms with Crippen LogP contribution in [0.5, 0.6) is 0 Å². The molecule has 0 aliphatic carbocycles. The Hall–Kier alpha value is -3.54. The highest BCUT2D eigenvalue weighted by molar-refractivity contribution is 6.04. The van der Waals surface area contributed by atoms with Crippen molar-refractivity contribution >= 4 is 11.8 Å². The molecule has 1 aliphatic heterocycles. The van der Waals surface area contributed by atoms with E-state index in [0.717, 1.165) is 11.1 Å².